The van der Waals surface area contributed by atoms with Crippen LogP contribution in [0.25, 0.3) is 0 Å². The molecule has 1 atom stereocenters. The number of benzene rings is 2. The van der Waals surface area contributed by atoms with Crippen molar-refractivity contribution in [3.63, 3.8) is 0 Å². The van der Waals surface area contributed by atoms with Crippen LogP contribution in [-0.4, -0.2) is 46.3 Å². The van der Waals surface area contributed by atoms with Crippen molar-refractivity contribution in [2.24, 2.45) is 0 Å². The number of urea groups is 1. The average molecular weight is 523 g/mol. The number of carbonyl (C=O) groups excluding carboxylic acids is 3. The van der Waals surface area contributed by atoms with E-state index in [-0.39, 0.29) is 13.1 Å². The van der Waals surface area contributed by atoms with E-state index in [0.717, 1.165) is 5.56 Å². The first-order valence-corrected chi connectivity index (χ1v) is 12.0. The van der Waals surface area contributed by atoms with Gasteiger partial charge in [0, 0.05) is 29.6 Å². The van der Waals surface area contributed by atoms with Gasteiger partial charge >= 0.3 is 18.0 Å². The summed E-state index contributed by atoms with van der Waals surface area (Å²) in [4.78, 5) is 38.4. The largest absolute Gasteiger partial charge is 0.444 e. The van der Waals surface area contributed by atoms with Gasteiger partial charge in [-0.3, -0.25) is 0 Å². The molecule has 10 heteroatoms. The molecule has 8 nitrogen and oxygen atoms in total. The Balaban J connectivity index is 1.69. The Kier molecular flexibility index (Phi) is 8.43. The topological polar surface area (TPSA) is 105 Å². The van der Waals surface area contributed by atoms with Crippen LogP contribution in [0.5, 0.6) is 0 Å². The number of alkyl carbamates (subject to hydrolysis) is 1. The molecule has 0 radical (unpaired) electrons. The lowest BCUT2D eigenvalue weighted by molar-refractivity contribution is -0.818. The van der Waals surface area contributed by atoms with E-state index in [0.29, 0.717) is 40.7 Å². The Bertz CT molecular complexity index is 1110. The number of amides is 4. The van der Waals surface area contributed by atoms with Gasteiger partial charge in [-0.15, -0.1) is 0 Å². The molecule has 0 spiro atoms. The van der Waals surface area contributed by atoms with Gasteiger partial charge in [0.15, 0.2) is 6.10 Å². The number of ether oxygens (including phenoxy) is 1. The van der Waals surface area contributed by atoms with Crippen molar-refractivity contribution in [2.75, 3.05) is 13.1 Å². The monoisotopic (exact) mass is 522 g/mol. The van der Waals surface area contributed by atoms with E-state index in [1.807, 2.05) is 0 Å². The number of imide groups is 1. The second-order valence-corrected chi connectivity index (χ2v) is 10.4. The maximum Gasteiger partial charge on any atom is 0.424 e. The third-order valence-electron chi connectivity index (χ3n) is 5.71. The van der Waals surface area contributed by atoms with Crippen LogP contribution in [-0.2, 0) is 22.6 Å². The number of hydrogen-bond acceptors (Lipinski definition) is 5. The number of aliphatic hydroxyl groups is 1. The van der Waals surface area contributed by atoms with Crippen LogP contribution < -0.4 is 10.6 Å². The summed E-state index contributed by atoms with van der Waals surface area (Å²) in [6, 6.07) is 11.0. The Morgan fingerprint density at radius 2 is 1.66 bits per heavy atom. The zero-order chi connectivity index (χ0) is 25.8. The molecule has 35 heavy (non-hydrogen) atoms. The van der Waals surface area contributed by atoms with E-state index >= 15 is 0 Å². The number of halogens is 2. The fraction of sp³-hybridized carbons (Fsp3) is 0.400. The summed E-state index contributed by atoms with van der Waals surface area (Å²) in [6.45, 7) is 6.17. The molecule has 0 aliphatic carbocycles. The molecule has 3 rings (SSSR count). The first-order chi connectivity index (χ1) is 16.4. The number of nitrogens with zero attached hydrogens (tertiary/aromatic N) is 1. The summed E-state index contributed by atoms with van der Waals surface area (Å²) < 4.78 is 4.76. The van der Waals surface area contributed by atoms with Crippen LogP contribution in [0.2, 0.25) is 10.0 Å². The molecule has 1 aliphatic rings. The zero-order valence-corrected chi connectivity index (χ0v) is 21.4. The number of likely N-dealkylation sites (tertiary alicyclic amines) is 1. The molecule has 2 aromatic rings. The standard InChI is InChI=1S/C25H29Cl2N3O5/c1-25(2,3)35-24(34)29-14-17-8-9-20(27)13-18(17)15-28-23(33)30(10-5-11-30)22(32)21(31)16-6-4-7-19(26)12-16/h4,6-9,12-13,21,31H,5,10-11,14-15H2,1-3H3,(H-,28,29,33,34)/p+1/t21-/m1/s1. The van der Waals surface area contributed by atoms with Crippen molar-refractivity contribution in [2.45, 2.75) is 52.0 Å². The van der Waals surface area contributed by atoms with E-state index in [2.05, 4.69) is 10.6 Å². The molecule has 1 fully saturated rings. The van der Waals surface area contributed by atoms with E-state index in [1.165, 1.54) is 6.07 Å². The van der Waals surface area contributed by atoms with Gasteiger partial charge in [-0.05, 0) is 61.7 Å². The fourth-order valence-electron chi connectivity index (χ4n) is 3.79. The molecule has 1 aliphatic heterocycles. The van der Waals surface area contributed by atoms with Crippen molar-refractivity contribution in [3.05, 3.63) is 69.2 Å². The predicted molar refractivity (Wildman–Crippen MR) is 133 cm³/mol. The summed E-state index contributed by atoms with van der Waals surface area (Å²) in [5.74, 6) is -0.603. The Morgan fingerprint density at radius 3 is 2.26 bits per heavy atom. The van der Waals surface area contributed by atoms with Gasteiger partial charge in [-0.25, -0.2) is 14.4 Å². The highest BCUT2D eigenvalue weighted by atomic mass is 35.5. The molecule has 3 N–H and O–H groups in total. The minimum atomic E-state index is -1.47. The third-order valence-corrected chi connectivity index (χ3v) is 6.18. The van der Waals surface area contributed by atoms with Crippen LogP contribution in [0.15, 0.2) is 42.5 Å². The normalized spacial score (nSPS) is 15.5. The molecule has 2 aromatic carbocycles. The molecule has 0 bridgehead atoms. The predicted octanol–water partition coefficient (Wildman–Crippen LogP) is 4.71. The van der Waals surface area contributed by atoms with E-state index in [1.54, 1.807) is 57.2 Å². The van der Waals surface area contributed by atoms with Crippen LogP contribution in [0.1, 0.15) is 50.0 Å². The van der Waals surface area contributed by atoms with Crippen LogP contribution >= 0.6 is 23.2 Å². The highest BCUT2D eigenvalue weighted by Gasteiger charge is 2.53. The molecule has 1 heterocycles. The SMILES string of the molecule is CC(C)(C)OC(=O)NCc1ccc(Cl)cc1CNC(=O)[N+]1(C(=O)[C@H](O)c2cccc(Cl)c2)CCC1. The average Bonchev–Trinajstić information content (AvgIpc) is 2.74. The molecule has 0 unspecified atom stereocenters. The second-order valence-electron chi connectivity index (χ2n) is 9.49. The zero-order valence-electron chi connectivity index (χ0n) is 19.9. The Morgan fingerprint density at radius 1 is 1.00 bits per heavy atom. The summed E-state index contributed by atoms with van der Waals surface area (Å²) in [5.41, 5.74) is 1.13. The van der Waals surface area contributed by atoms with Gasteiger partial charge < -0.3 is 20.5 Å². The molecule has 188 valence electrons. The van der Waals surface area contributed by atoms with Crippen LogP contribution in [0.4, 0.5) is 9.59 Å². The van der Waals surface area contributed by atoms with Crippen LogP contribution in [0.3, 0.4) is 0 Å². The minimum absolute atomic E-state index is 0.0886. The lowest BCUT2D eigenvalue weighted by Crippen LogP contribution is -2.68. The summed E-state index contributed by atoms with van der Waals surface area (Å²) in [5, 5.41) is 17.0. The number of rotatable bonds is 6. The summed E-state index contributed by atoms with van der Waals surface area (Å²) in [6.07, 6.45) is -1.35. The maximum atomic E-state index is 13.2. The van der Waals surface area contributed by atoms with Crippen molar-refractivity contribution >= 4 is 41.2 Å². The molecule has 1 saturated heterocycles. The van der Waals surface area contributed by atoms with Crippen molar-refractivity contribution in [3.8, 4) is 0 Å². The number of nitrogens with one attached hydrogen (secondary N) is 2. The van der Waals surface area contributed by atoms with Crippen molar-refractivity contribution in [1.82, 2.24) is 10.6 Å². The lowest BCUT2D eigenvalue weighted by atomic mass is 10.0. The molecular formula is C25H30Cl2N3O5+. The second kappa shape index (κ2) is 11.0. The molecule has 0 aromatic heterocycles. The summed E-state index contributed by atoms with van der Waals surface area (Å²) >= 11 is 12.1. The first kappa shape index (κ1) is 26.9. The molecule has 4 amide bonds. The quantitative estimate of drug-likeness (QED) is 0.476. The van der Waals surface area contributed by atoms with Gasteiger partial charge in [0.1, 0.15) is 18.7 Å². The molecular weight excluding hydrogens is 493 g/mol. The Hall–Kier alpha value is -2.65. The number of aliphatic hydroxyl groups excluding tert-OH is 1. The lowest BCUT2D eigenvalue weighted by Gasteiger charge is -2.40. The van der Waals surface area contributed by atoms with E-state index in [9.17, 15) is 19.5 Å². The van der Waals surface area contributed by atoms with Crippen molar-refractivity contribution in [1.29, 1.82) is 0 Å². The van der Waals surface area contributed by atoms with Gasteiger partial charge in [0.2, 0.25) is 0 Å². The van der Waals surface area contributed by atoms with Gasteiger partial charge in [0.25, 0.3) is 0 Å². The van der Waals surface area contributed by atoms with Gasteiger partial charge in [-0.2, -0.15) is 4.48 Å². The fourth-order valence-corrected chi connectivity index (χ4v) is 4.18. The smallest absolute Gasteiger partial charge is 0.424 e. The number of quaternary nitrogens is 1. The van der Waals surface area contributed by atoms with Gasteiger partial charge in [-0.1, -0.05) is 41.4 Å². The van der Waals surface area contributed by atoms with Gasteiger partial charge in [0.05, 0.1) is 0 Å². The Labute approximate surface area is 214 Å². The summed E-state index contributed by atoms with van der Waals surface area (Å²) in [7, 11) is 0. The minimum Gasteiger partial charge on any atom is -0.444 e. The number of hydrogen-bond donors (Lipinski definition) is 3. The van der Waals surface area contributed by atoms with E-state index < -0.39 is 34.2 Å². The molecule has 0 saturated carbocycles. The van der Waals surface area contributed by atoms with E-state index in [4.69, 9.17) is 27.9 Å². The highest BCUT2D eigenvalue weighted by Crippen LogP contribution is 2.29. The van der Waals surface area contributed by atoms with Crippen molar-refractivity contribution < 1.29 is 28.7 Å². The maximum absolute atomic E-state index is 13.2. The first-order valence-electron chi connectivity index (χ1n) is 11.3. The highest BCUT2D eigenvalue weighted by molar-refractivity contribution is 6.31. The van der Waals surface area contributed by atoms with Crippen LogP contribution in [0, 0.1) is 0 Å². The third kappa shape index (κ3) is 6.73. The number of carbonyl (C=O) groups is 3.